The molecular weight excluding hydrogens is 276 g/mol. The van der Waals surface area contributed by atoms with Crippen LogP contribution in [0, 0.1) is 0 Å². The molecule has 1 aliphatic rings. The Balaban J connectivity index is 2.47. The summed E-state index contributed by atoms with van der Waals surface area (Å²) in [7, 11) is -2.05. The molecule has 1 aliphatic heterocycles. The van der Waals surface area contributed by atoms with E-state index in [0.717, 1.165) is 24.2 Å². The third-order valence-corrected chi connectivity index (χ3v) is 5.07. The van der Waals surface area contributed by atoms with Crippen LogP contribution in [0.15, 0.2) is 0 Å². The first-order valence-corrected chi connectivity index (χ1v) is 8.15. The van der Waals surface area contributed by atoms with Gasteiger partial charge in [-0.2, -0.15) is 0 Å². The average Bonchev–Trinajstić information content (AvgIpc) is 2.60. The third-order valence-electron chi connectivity index (χ3n) is 2.69. The van der Waals surface area contributed by atoms with E-state index < -0.39 is 16.0 Å². The molecule has 0 saturated carbocycles. The molecule has 8 heteroatoms. The number of rotatable bonds is 2. The fraction of sp³-hybridized carbons (Fsp3) is 0.600. The first-order valence-electron chi connectivity index (χ1n) is 5.49. The number of ether oxygens (including phenoxy) is 1. The number of carbonyl (C=O) groups excluding carboxylic acids is 1. The van der Waals surface area contributed by atoms with Crippen molar-refractivity contribution < 1.29 is 17.9 Å². The van der Waals surface area contributed by atoms with Crippen LogP contribution in [0.2, 0.25) is 0 Å². The van der Waals surface area contributed by atoms with Crippen molar-refractivity contribution in [3.63, 3.8) is 0 Å². The lowest BCUT2D eigenvalue weighted by atomic mass is 10.2. The van der Waals surface area contributed by atoms with E-state index in [9.17, 15) is 13.2 Å². The zero-order chi connectivity index (χ0) is 13.3. The summed E-state index contributed by atoms with van der Waals surface area (Å²) in [6.45, 7) is 0.439. The molecule has 0 radical (unpaired) electrons. The second kappa shape index (κ2) is 4.85. The summed E-state index contributed by atoms with van der Waals surface area (Å²) in [5.74, 6) is -0.526. The van der Waals surface area contributed by atoms with Gasteiger partial charge in [-0.05, 0) is 19.3 Å². The van der Waals surface area contributed by atoms with Gasteiger partial charge in [0.1, 0.15) is 5.00 Å². The largest absolute Gasteiger partial charge is 0.464 e. The first-order chi connectivity index (χ1) is 8.43. The van der Waals surface area contributed by atoms with E-state index in [2.05, 4.69) is 9.72 Å². The summed E-state index contributed by atoms with van der Waals surface area (Å²) in [5.41, 5.74) is 0.670. The molecule has 0 unspecified atom stereocenters. The van der Waals surface area contributed by atoms with Crippen LogP contribution in [-0.2, 0) is 21.2 Å². The minimum Gasteiger partial charge on any atom is -0.464 e. The highest BCUT2D eigenvalue weighted by molar-refractivity contribution is 7.92. The molecule has 18 heavy (non-hydrogen) atoms. The number of hydrogen-bond donors (Lipinski definition) is 0. The molecule has 0 atom stereocenters. The standard InChI is InChI=1S/C10H14N2O4S2/c1-16-10(13)8-11-7-5-3-4-6-12(9(7)17-8)18(2,14)15/h3-6H2,1-2H3. The van der Waals surface area contributed by atoms with Gasteiger partial charge in [0.15, 0.2) is 0 Å². The van der Waals surface area contributed by atoms with E-state index in [4.69, 9.17) is 0 Å². The van der Waals surface area contributed by atoms with Crippen LogP contribution in [0.25, 0.3) is 0 Å². The fourth-order valence-corrected chi connectivity index (χ4v) is 4.19. The Hall–Kier alpha value is -1.15. The molecule has 6 nitrogen and oxygen atoms in total. The van der Waals surface area contributed by atoms with Crippen LogP contribution in [0.4, 0.5) is 5.00 Å². The number of anilines is 1. The lowest BCUT2D eigenvalue weighted by Gasteiger charge is -2.18. The minimum atomic E-state index is -3.33. The van der Waals surface area contributed by atoms with Gasteiger partial charge in [-0.1, -0.05) is 11.3 Å². The molecule has 0 N–H and O–H groups in total. The number of esters is 1. The molecule has 0 amide bonds. The molecule has 100 valence electrons. The zero-order valence-corrected chi connectivity index (χ0v) is 11.8. The molecule has 2 rings (SSSR count). The second-order valence-electron chi connectivity index (χ2n) is 4.05. The normalized spacial score (nSPS) is 16.0. The van der Waals surface area contributed by atoms with Crippen LogP contribution in [0.3, 0.4) is 0 Å². The quantitative estimate of drug-likeness (QED) is 0.760. The molecule has 0 saturated heterocycles. The van der Waals surface area contributed by atoms with Crippen molar-refractivity contribution in [2.75, 3.05) is 24.2 Å². The highest BCUT2D eigenvalue weighted by Crippen LogP contribution is 2.34. The van der Waals surface area contributed by atoms with E-state index in [0.29, 0.717) is 23.7 Å². The van der Waals surface area contributed by atoms with Crippen molar-refractivity contribution in [2.24, 2.45) is 0 Å². The smallest absolute Gasteiger partial charge is 0.367 e. The van der Waals surface area contributed by atoms with Gasteiger partial charge in [0.05, 0.1) is 19.1 Å². The lowest BCUT2D eigenvalue weighted by molar-refractivity contribution is 0.0600. The average molecular weight is 290 g/mol. The number of thiazole rings is 1. The zero-order valence-electron chi connectivity index (χ0n) is 10.2. The Morgan fingerprint density at radius 3 is 2.78 bits per heavy atom. The lowest BCUT2D eigenvalue weighted by Crippen LogP contribution is -2.29. The van der Waals surface area contributed by atoms with Gasteiger partial charge in [0.2, 0.25) is 15.0 Å². The monoisotopic (exact) mass is 290 g/mol. The fourth-order valence-electron chi connectivity index (χ4n) is 1.84. The Kier molecular flexibility index (Phi) is 3.58. The predicted octanol–water partition coefficient (Wildman–Crippen LogP) is 1.03. The van der Waals surface area contributed by atoms with Crippen molar-refractivity contribution in [2.45, 2.75) is 19.3 Å². The van der Waals surface area contributed by atoms with E-state index in [-0.39, 0.29) is 5.01 Å². The summed E-state index contributed by atoms with van der Waals surface area (Å²) < 4.78 is 29.4. The van der Waals surface area contributed by atoms with Crippen LogP contribution in [0.5, 0.6) is 0 Å². The summed E-state index contributed by atoms with van der Waals surface area (Å²) in [4.78, 5) is 15.6. The van der Waals surface area contributed by atoms with E-state index in [1.54, 1.807) is 0 Å². The van der Waals surface area contributed by atoms with Gasteiger partial charge in [0.25, 0.3) is 0 Å². The number of methoxy groups -OCH3 is 1. The summed E-state index contributed by atoms with van der Waals surface area (Å²) in [5, 5.41) is 0.758. The SMILES string of the molecule is COC(=O)c1nc2c(s1)N(S(C)(=O)=O)CCCC2. The number of carbonyl (C=O) groups is 1. The molecule has 0 spiro atoms. The number of fused-ring (bicyclic) bond motifs is 1. The van der Waals surface area contributed by atoms with Crippen LogP contribution in [-0.4, -0.2) is 39.3 Å². The molecule has 0 aliphatic carbocycles. The number of sulfonamides is 1. The summed E-state index contributed by atoms with van der Waals surface area (Å²) in [6.07, 6.45) is 3.52. The van der Waals surface area contributed by atoms with E-state index in [1.807, 2.05) is 0 Å². The van der Waals surface area contributed by atoms with Gasteiger partial charge in [0, 0.05) is 6.54 Å². The number of aryl methyl sites for hydroxylation is 1. The van der Waals surface area contributed by atoms with Crippen molar-refractivity contribution in [1.29, 1.82) is 0 Å². The molecule has 0 aromatic carbocycles. The molecule has 2 heterocycles. The van der Waals surface area contributed by atoms with E-state index in [1.165, 1.54) is 17.7 Å². The van der Waals surface area contributed by atoms with Gasteiger partial charge in [-0.15, -0.1) is 0 Å². The number of aromatic nitrogens is 1. The second-order valence-corrected chi connectivity index (χ2v) is 6.94. The van der Waals surface area contributed by atoms with Gasteiger partial charge >= 0.3 is 5.97 Å². The minimum absolute atomic E-state index is 0.207. The number of hydrogen-bond acceptors (Lipinski definition) is 6. The predicted molar refractivity (Wildman–Crippen MR) is 68.6 cm³/mol. The van der Waals surface area contributed by atoms with Crippen LogP contribution < -0.4 is 4.31 Å². The van der Waals surface area contributed by atoms with Gasteiger partial charge in [-0.25, -0.2) is 18.2 Å². The highest BCUT2D eigenvalue weighted by atomic mass is 32.2. The molecule has 1 aromatic heterocycles. The molecule has 1 aromatic rings. The van der Waals surface area contributed by atoms with Crippen LogP contribution >= 0.6 is 11.3 Å². The first kappa shape index (κ1) is 13.3. The van der Waals surface area contributed by atoms with Gasteiger partial charge < -0.3 is 4.74 Å². The van der Waals surface area contributed by atoms with Crippen molar-refractivity contribution >= 4 is 32.3 Å². The Morgan fingerprint density at radius 2 is 2.17 bits per heavy atom. The van der Waals surface area contributed by atoms with Gasteiger partial charge in [-0.3, -0.25) is 4.31 Å². The van der Waals surface area contributed by atoms with Crippen molar-refractivity contribution in [3.05, 3.63) is 10.7 Å². The Labute approximate surface area is 110 Å². The molecular formula is C10H14N2O4S2. The maximum absolute atomic E-state index is 11.7. The van der Waals surface area contributed by atoms with Crippen LogP contribution in [0.1, 0.15) is 28.3 Å². The maximum atomic E-state index is 11.7. The Morgan fingerprint density at radius 1 is 1.44 bits per heavy atom. The highest BCUT2D eigenvalue weighted by Gasteiger charge is 2.28. The molecule has 0 fully saturated rings. The Bertz CT molecular complexity index is 564. The van der Waals surface area contributed by atoms with Crippen molar-refractivity contribution in [1.82, 2.24) is 4.98 Å². The topological polar surface area (TPSA) is 76.6 Å². The van der Waals surface area contributed by atoms with E-state index >= 15 is 0 Å². The third kappa shape index (κ3) is 2.49. The maximum Gasteiger partial charge on any atom is 0.367 e. The van der Waals surface area contributed by atoms with Crippen molar-refractivity contribution in [3.8, 4) is 0 Å². The summed E-state index contributed by atoms with van der Waals surface area (Å²) in [6, 6.07) is 0. The number of nitrogens with zero attached hydrogens (tertiary/aromatic N) is 2. The molecule has 0 bridgehead atoms. The summed E-state index contributed by atoms with van der Waals surface area (Å²) >= 11 is 1.08.